The highest BCUT2D eigenvalue weighted by Gasteiger charge is 2.07. The molecule has 0 aliphatic carbocycles. The largest absolute Gasteiger partial charge is 0.295 e. The lowest BCUT2D eigenvalue weighted by atomic mass is 10.0. The molecule has 0 unspecified atom stereocenters. The molecule has 0 amide bonds. The van der Waals surface area contributed by atoms with Gasteiger partial charge in [0.15, 0.2) is 5.78 Å². The smallest absolute Gasteiger partial charge is 0.155 e. The van der Waals surface area contributed by atoms with Crippen molar-refractivity contribution in [3.63, 3.8) is 0 Å². The number of ketones is 1. The van der Waals surface area contributed by atoms with Gasteiger partial charge in [0.2, 0.25) is 0 Å². The Hall–Kier alpha value is -1.51. The van der Waals surface area contributed by atoms with Crippen LogP contribution < -0.4 is 0 Å². The SMILES string of the molecule is CCCCC/C(=C\c1ccc(F)cc1F)C(C)=O. The third kappa shape index (κ3) is 4.40. The summed E-state index contributed by atoms with van der Waals surface area (Å²) >= 11 is 0. The topological polar surface area (TPSA) is 17.1 Å². The van der Waals surface area contributed by atoms with Crippen molar-refractivity contribution in [3.05, 3.63) is 41.0 Å². The van der Waals surface area contributed by atoms with Crippen LogP contribution in [0.2, 0.25) is 0 Å². The standard InChI is InChI=1S/C15H18F2O/c1-3-4-5-6-12(11(2)18)9-13-7-8-14(16)10-15(13)17/h7-10H,3-6H2,1-2H3/b12-9+. The Kier molecular flexibility index (Phi) is 5.69. The van der Waals surface area contributed by atoms with Gasteiger partial charge in [0.1, 0.15) is 11.6 Å². The van der Waals surface area contributed by atoms with Crippen LogP contribution in [0.1, 0.15) is 45.1 Å². The van der Waals surface area contributed by atoms with Gasteiger partial charge in [-0.2, -0.15) is 0 Å². The summed E-state index contributed by atoms with van der Waals surface area (Å²) < 4.78 is 26.2. The first-order chi connectivity index (χ1) is 8.54. The predicted octanol–water partition coefficient (Wildman–Crippen LogP) is 4.52. The van der Waals surface area contributed by atoms with Crippen molar-refractivity contribution in [3.8, 4) is 0 Å². The Morgan fingerprint density at radius 1 is 1.28 bits per heavy atom. The minimum absolute atomic E-state index is 0.0603. The fraction of sp³-hybridized carbons (Fsp3) is 0.400. The number of halogens is 2. The molecule has 0 aromatic heterocycles. The molecular weight excluding hydrogens is 234 g/mol. The van der Waals surface area contributed by atoms with Gasteiger partial charge in [-0.1, -0.05) is 19.8 Å². The number of hydrogen-bond donors (Lipinski definition) is 0. The fourth-order valence-corrected chi connectivity index (χ4v) is 1.72. The summed E-state index contributed by atoms with van der Waals surface area (Å²) in [6.45, 7) is 3.55. The highest BCUT2D eigenvalue weighted by Crippen LogP contribution is 2.17. The van der Waals surface area contributed by atoms with Crippen LogP contribution in [-0.2, 0) is 4.79 Å². The van der Waals surface area contributed by atoms with Gasteiger partial charge in [0.25, 0.3) is 0 Å². The Bertz CT molecular complexity index is 450. The quantitative estimate of drug-likeness (QED) is 0.537. The lowest BCUT2D eigenvalue weighted by molar-refractivity contribution is -0.113. The number of carbonyl (C=O) groups excluding carboxylic acids is 1. The molecule has 0 heterocycles. The number of hydrogen-bond acceptors (Lipinski definition) is 1. The molecular formula is C15H18F2O. The van der Waals surface area contributed by atoms with Crippen molar-refractivity contribution in [2.24, 2.45) is 0 Å². The summed E-state index contributed by atoms with van der Waals surface area (Å²) in [5.41, 5.74) is 0.854. The molecule has 1 rings (SSSR count). The normalized spacial score (nSPS) is 11.7. The molecule has 0 atom stereocenters. The molecule has 0 aliphatic heterocycles. The van der Waals surface area contributed by atoms with Gasteiger partial charge in [-0.25, -0.2) is 8.78 Å². The van der Waals surface area contributed by atoms with Crippen LogP contribution in [-0.4, -0.2) is 5.78 Å². The molecule has 0 saturated heterocycles. The van der Waals surface area contributed by atoms with E-state index in [1.54, 1.807) is 0 Å². The van der Waals surface area contributed by atoms with Crippen LogP contribution in [0, 0.1) is 11.6 Å². The maximum absolute atomic E-state index is 13.5. The zero-order valence-corrected chi connectivity index (χ0v) is 10.8. The molecule has 0 N–H and O–H groups in total. The summed E-state index contributed by atoms with van der Waals surface area (Å²) in [7, 11) is 0. The monoisotopic (exact) mass is 252 g/mol. The van der Waals surface area contributed by atoms with Gasteiger partial charge in [-0.05, 0) is 43.5 Å². The average molecular weight is 252 g/mol. The summed E-state index contributed by atoms with van der Waals surface area (Å²) in [6, 6.07) is 3.38. The lowest BCUT2D eigenvalue weighted by Crippen LogP contribution is -1.98. The Morgan fingerprint density at radius 3 is 2.56 bits per heavy atom. The number of rotatable bonds is 6. The van der Waals surface area contributed by atoms with Crippen molar-refractivity contribution < 1.29 is 13.6 Å². The summed E-state index contributed by atoms with van der Waals surface area (Å²) in [5, 5.41) is 0. The van der Waals surface area contributed by atoms with Crippen LogP contribution in [0.5, 0.6) is 0 Å². The molecule has 0 radical (unpaired) electrons. The number of benzene rings is 1. The minimum atomic E-state index is -0.635. The third-order valence-electron chi connectivity index (χ3n) is 2.79. The van der Waals surface area contributed by atoms with Crippen LogP contribution in [0.25, 0.3) is 6.08 Å². The zero-order valence-electron chi connectivity index (χ0n) is 10.8. The molecule has 0 aliphatic rings. The molecule has 0 saturated carbocycles. The van der Waals surface area contributed by atoms with Gasteiger partial charge in [0, 0.05) is 11.6 Å². The van der Waals surface area contributed by atoms with Crippen LogP contribution in [0.3, 0.4) is 0 Å². The Balaban J connectivity index is 2.90. The van der Waals surface area contributed by atoms with Gasteiger partial charge >= 0.3 is 0 Å². The van der Waals surface area contributed by atoms with Crippen molar-refractivity contribution in [2.75, 3.05) is 0 Å². The minimum Gasteiger partial charge on any atom is -0.295 e. The van der Waals surface area contributed by atoms with Crippen LogP contribution >= 0.6 is 0 Å². The Labute approximate surface area is 107 Å². The van der Waals surface area contributed by atoms with E-state index >= 15 is 0 Å². The van der Waals surface area contributed by atoms with Gasteiger partial charge in [-0.3, -0.25) is 4.79 Å². The van der Waals surface area contributed by atoms with Crippen LogP contribution in [0.15, 0.2) is 23.8 Å². The molecule has 0 fully saturated rings. The molecule has 1 aromatic carbocycles. The number of allylic oxidation sites excluding steroid dienone is 1. The third-order valence-corrected chi connectivity index (χ3v) is 2.79. The molecule has 98 valence electrons. The highest BCUT2D eigenvalue weighted by molar-refractivity contribution is 5.97. The number of unbranched alkanes of at least 4 members (excludes halogenated alkanes) is 2. The van der Waals surface area contributed by atoms with Gasteiger partial charge in [-0.15, -0.1) is 0 Å². The molecule has 1 nitrogen and oxygen atoms in total. The second kappa shape index (κ2) is 7.04. The maximum atomic E-state index is 13.5. The maximum Gasteiger partial charge on any atom is 0.155 e. The first-order valence-corrected chi connectivity index (χ1v) is 6.21. The fourth-order valence-electron chi connectivity index (χ4n) is 1.72. The van der Waals surface area contributed by atoms with E-state index in [0.29, 0.717) is 12.0 Å². The van der Waals surface area contributed by atoms with E-state index in [-0.39, 0.29) is 11.3 Å². The molecule has 0 bridgehead atoms. The summed E-state index contributed by atoms with van der Waals surface area (Å²) in [4.78, 5) is 11.5. The second-order valence-corrected chi connectivity index (χ2v) is 4.35. The van der Waals surface area contributed by atoms with E-state index < -0.39 is 11.6 Å². The predicted molar refractivity (Wildman–Crippen MR) is 69.2 cm³/mol. The van der Waals surface area contributed by atoms with Gasteiger partial charge in [0.05, 0.1) is 0 Å². The van der Waals surface area contributed by atoms with E-state index in [1.807, 2.05) is 0 Å². The van der Waals surface area contributed by atoms with Crippen molar-refractivity contribution in [1.29, 1.82) is 0 Å². The van der Waals surface area contributed by atoms with Gasteiger partial charge < -0.3 is 0 Å². The van der Waals surface area contributed by atoms with E-state index in [2.05, 4.69) is 6.92 Å². The number of Topliss-reactive ketones (excluding diaryl/α,β-unsaturated/α-hetero) is 1. The van der Waals surface area contributed by atoms with E-state index in [9.17, 15) is 13.6 Å². The average Bonchev–Trinajstić information content (AvgIpc) is 2.30. The molecule has 1 aromatic rings. The molecule has 18 heavy (non-hydrogen) atoms. The van der Waals surface area contributed by atoms with Crippen molar-refractivity contribution in [2.45, 2.75) is 39.5 Å². The summed E-state index contributed by atoms with van der Waals surface area (Å²) in [6.07, 6.45) is 5.17. The summed E-state index contributed by atoms with van der Waals surface area (Å²) in [5.74, 6) is -1.31. The first-order valence-electron chi connectivity index (χ1n) is 6.21. The van der Waals surface area contributed by atoms with E-state index in [4.69, 9.17) is 0 Å². The van der Waals surface area contributed by atoms with E-state index in [0.717, 1.165) is 25.3 Å². The molecule has 0 spiro atoms. The van der Waals surface area contributed by atoms with Crippen LogP contribution in [0.4, 0.5) is 8.78 Å². The van der Waals surface area contributed by atoms with Crippen molar-refractivity contribution in [1.82, 2.24) is 0 Å². The van der Waals surface area contributed by atoms with Crippen molar-refractivity contribution >= 4 is 11.9 Å². The second-order valence-electron chi connectivity index (χ2n) is 4.35. The van der Waals surface area contributed by atoms with E-state index in [1.165, 1.54) is 25.1 Å². The highest BCUT2D eigenvalue weighted by atomic mass is 19.1. The molecule has 3 heteroatoms. The first kappa shape index (κ1) is 14.6. The zero-order chi connectivity index (χ0) is 13.5. The lowest BCUT2D eigenvalue weighted by Gasteiger charge is -2.04. The number of carbonyl (C=O) groups is 1. The Morgan fingerprint density at radius 2 is 2.00 bits per heavy atom.